The molecule has 3 rings (SSSR count). The van der Waals surface area contributed by atoms with E-state index in [1.54, 1.807) is 13.8 Å². The van der Waals surface area contributed by atoms with Crippen LogP contribution in [-0.4, -0.2) is 33.7 Å². The Kier molecular flexibility index (Phi) is 6.38. The number of hydrogen-bond acceptors (Lipinski definition) is 8. The molecule has 0 bridgehead atoms. The average Bonchev–Trinajstić information content (AvgIpc) is 3.12. The molecule has 3 aromatic rings. The van der Waals surface area contributed by atoms with Gasteiger partial charge in [-0.1, -0.05) is 30.3 Å². The van der Waals surface area contributed by atoms with Crippen molar-refractivity contribution in [1.29, 1.82) is 0 Å². The Bertz CT molecular complexity index is 1110. The molecule has 0 fully saturated rings. The van der Waals surface area contributed by atoms with Gasteiger partial charge in [0.25, 0.3) is 5.91 Å². The van der Waals surface area contributed by atoms with E-state index < -0.39 is 22.3 Å². The number of benzene rings is 2. The van der Waals surface area contributed by atoms with E-state index in [1.807, 2.05) is 30.3 Å². The SMILES string of the molecule is CCOc1cc(/C=N/NC(=O)c2sc(-c3ccccc3)nc2C)cc([N+](=O)[O-])c1O. The summed E-state index contributed by atoms with van der Waals surface area (Å²) in [6.45, 7) is 3.64. The number of carbonyl (C=O) groups is 1. The number of carbonyl (C=O) groups excluding carboxylic acids is 1. The zero-order valence-electron chi connectivity index (χ0n) is 16.2. The fraction of sp³-hybridized carbons (Fsp3) is 0.150. The predicted octanol–water partition coefficient (Wildman–Crippen LogP) is 3.89. The lowest BCUT2D eigenvalue weighted by Crippen LogP contribution is -2.17. The van der Waals surface area contributed by atoms with Gasteiger partial charge in [0, 0.05) is 17.2 Å². The number of ether oxygens (including phenoxy) is 1. The predicted molar refractivity (Wildman–Crippen MR) is 113 cm³/mol. The largest absolute Gasteiger partial charge is 0.500 e. The average molecular weight is 426 g/mol. The van der Waals surface area contributed by atoms with Gasteiger partial charge < -0.3 is 9.84 Å². The lowest BCUT2D eigenvalue weighted by molar-refractivity contribution is -0.386. The van der Waals surface area contributed by atoms with Crippen molar-refractivity contribution in [1.82, 2.24) is 10.4 Å². The molecular formula is C20H18N4O5S. The first kappa shape index (κ1) is 20.9. The molecule has 1 amide bonds. The molecule has 9 nitrogen and oxygen atoms in total. The van der Waals surface area contributed by atoms with E-state index in [9.17, 15) is 20.0 Å². The number of nitrogens with one attached hydrogen (secondary N) is 1. The third kappa shape index (κ3) is 4.61. The van der Waals surface area contributed by atoms with E-state index in [0.717, 1.165) is 16.6 Å². The Labute approximate surface area is 175 Å². The number of amides is 1. The first-order chi connectivity index (χ1) is 14.4. The van der Waals surface area contributed by atoms with Crippen molar-refractivity contribution in [2.24, 2.45) is 5.10 Å². The van der Waals surface area contributed by atoms with Crippen LogP contribution < -0.4 is 10.2 Å². The normalized spacial score (nSPS) is 10.9. The molecule has 10 heteroatoms. The van der Waals surface area contributed by atoms with E-state index in [1.165, 1.54) is 23.6 Å². The smallest absolute Gasteiger partial charge is 0.315 e. The van der Waals surface area contributed by atoms with Crippen molar-refractivity contribution in [3.05, 3.63) is 68.7 Å². The summed E-state index contributed by atoms with van der Waals surface area (Å²) in [6, 6.07) is 12.0. The fourth-order valence-corrected chi connectivity index (χ4v) is 3.58. The van der Waals surface area contributed by atoms with Gasteiger partial charge in [-0.2, -0.15) is 5.10 Å². The molecule has 2 N–H and O–H groups in total. The molecule has 0 saturated heterocycles. The molecular weight excluding hydrogens is 408 g/mol. The topological polar surface area (TPSA) is 127 Å². The standard InChI is InChI=1S/C20H18N4O5S/c1-3-29-16-10-13(9-15(17(16)25)24(27)28)11-21-23-19(26)18-12(2)22-20(30-18)14-7-5-4-6-8-14/h4-11,25H,3H2,1-2H3,(H,23,26)/b21-11+. The summed E-state index contributed by atoms with van der Waals surface area (Å²) in [7, 11) is 0. The number of phenolic OH excluding ortho intramolecular Hbond substituents is 1. The number of rotatable bonds is 7. The Morgan fingerprint density at radius 3 is 2.77 bits per heavy atom. The molecule has 0 unspecified atom stereocenters. The number of aromatic nitrogens is 1. The van der Waals surface area contributed by atoms with E-state index in [-0.39, 0.29) is 17.9 Å². The number of hydrogen-bond donors (Lipinski definition) is 2. The van der Waals surface area contributed by atoms with Crippen molar-refractivity contribution < 1.29 is 19.6 Å². The summed E-state index contributed by atoms with van der Waals surface area (Å²) in [4.78, 5) is 27.7. The van der Waals surface area contributed by atoms with Gasteiger partial charge >= 0.3 is 5.69 Å². The van der Waals surface area contributed by atoms with Crippen molar-refractivity contribution in [2.75, 3.05) is 6.61 Å². The number of aromatic hydroxyl groups is 1. The minimum atomic E-state index is -0.723. The minimum absolute atomic E-state index is 0.0368. The van der Waals surface area contributed by atoms with Gasteiger partial charge in [0.1, 0.15) is 9.88 Å². The minimum Gasteiger partial charge on any atom is -0.500 e. The Morgan fingerprint density at radius 1 is 1.37 bits per heavy atom. The maximum atomic E-state index is 12.5. The zero-order chi connectivity index (χ0) is 21.7. The highest BCUT2D eigenvalue weighted by molar-refractivity contribution is 7.17. The van der Waals surface area contributed by atoms with Crippen LogP contribution in [0.2, 0.25) is 0 Å². The summed E-state index contributed by atoms with van der Waals surface area (Å²) in [5.74, 6) is -1.04. The molecule has 154 valence electrons. The Balaban J connectivity index is 1.78. The van der Waals surface area contributed by atoms with Gasteiger partial charge in [-0.15, -0.1) is 11.3 Å². The molecule has 30 heavy (non-hydrogen) atoms. The molecule has 0 spiro atoms. The maximum absolute atomic E-state index is 12.5. The molecule has 0 radical (unpaired) electrons. The summed E-state index contributed by atoms with van der Waals surface area (Å²) in [5, 5.41) is 25.6. The van der Waals surface area contributed by atoms with E-state index in [2.05, 4.69) is 15.5 Å². The second kappa shape index (κ2) is 9.14. The number of aryl methyl sites for hydroxylation is 1. The molecule has 2 aromatic carbocycles. The number of nitro benzene ring substituents is 1. The van der Waals surface area contributed by atoms with Gasteiger partial charge in [-0.05, 0) is 19.9 Å². The third-order valence-electron chi connectivity index (χ3n) is 3.98. The van der Waals surface area contributed by atoms with Gasteiger partial charge in [0.15, 0.2) is 5.75 Å². The van der Waals surface area contributed by atoms with Crippen LogP contribution in [-0.2, 0) is 0 Å². The number of hydrazone groups is 1. The zero-order valence-corrected chi connectivity index (χ0v) is 17.0. The van der Waals surface area contributed by atoms with Crippen molar-refractivity contribution in [2.45, 2.75) is 13.8 Å². The molecule has 0 saturated carbocycles. The first-order valence-electron chi connectivity index (χ1n) is 8.91. The molecule has 1 aromatic heterocycles. The summed E-state index contributed by atoms with van der Waals surface area (Å²) in [5.41, 5.74) is 3.65. The Hall–Kier alpha value is -3.79. The summed E-state index contributed by atoms with van der Waals surface area (Å²) >= 11 is 1.24. The Morgan fingerprint density at radius 2 is 2.10 bits per heavy atom. The van der Waals surface area contributed by atoms with Crippen LogP contribution in [0.3, 0.4) is 0 Å². The number of phenols is 1. The van der Waals surface area contributed by atoms with Crippen LogP contribution in [0, 0.1) is 17.0 Å². The quantitative estimate of drug-likeness (QED) is 0.335. The van der Waals surface area contributed by atoms with Crippen LogP contribution in [0.15, 0.2) is 47.6 Å². The first-order valence-corrected chi connectivity index (χ1v) is 9.72. The highest BCUT2D eigenvalue weighted by atomic mass is 32.1. The van der Waals surface area contributed by atoms with Crippen LogP contribution in [0.4, 0.5) is 5.69 Å². The van der Waals surface area contributed by atoms with Crippen LogP contribution >= 0.6 is 11.3 Å². The fourth-order valence-electron chi connectivity index (χ4n) is 2.62. The number of nitrogens with zero attached hydrogens (tertiary/aromatic N) is 3. The second-order valence-corrected chi connectivity index (χ2v) is 7.07. The van der Waals surface area contributed by atoms with Gasteiger partial charge in [0.05, 0.1) is 23.4 Å². The summed E-state index contributed by atoms with van der Waals surface area (Å²) in [6.07, 6.45) is 1.24. The van der Waals surface area contributed by atoms with E-state index in [0.29, 0.717) is 10.6 Å². The van der Waals surface area contributed by atoms with E-state index >= 15 is 0 Å². The van der Waals surface area contributed by atoms with Crippen molar-refractivity contribution in [3.8, 4) is 22.1 Å². The summed E-state index contributed by atoms with van der Waals surface area (Å²) < 4.78 is 5.22. The maximum Gasteiger partial charge on any atom is 0.315 e. The van der Waals surface area contributed by atoms with Gasteiger partial charge in [0.2, 0.25) is 5.75 Å². The van der Waals surface area contributed by atoms with Crippen LogP contribution in [0.25, 0.3) is 10.6 Å². The van der Waals surface area contributed by atoms with Gasteiger partial charge in [-0.25, -0.2) is 10.4 Å². The molecule has 0 aliphatic carbocycles. The van der Waals surface area contributed by atoms with Crippen LogP contribution in [0.1, 0.15) is 27.9 Å². The molecule has 0 aliphatic rings. The molecule has 1 heterocycles. The van der Waals surface area contributed by atoms with Crippen molar-refractivity contribution >= 4 is 29.1 Å². The number of nitro groups is 1. The lowest BCUT2D eigenvalue weighted by Gasteiger charge is -2.07. The lowest BCUT2D eigenvalue weighted by atomic mass is 10.2. The monoisotopic (exact) mass is 426 g/mol. The number of thiazole rings is 1. The van der Waals surface area contributed by atoms with E-state index in [4.69, 9.17) is 4.74 Å². The molecule has 0 aliphatic heterocycles. The van der Waals surface area contributed by atoms with Gasteiger partial charge in [-0.3, -0.25) is 14.9 Å². The highest BCUT2D eigenvalue weighted by Gasteiger charge is 2.20. The van der Waals surface area contributed by atoms with Crippen molar-refractivity contribution in [3.63, 3.8) is 0 Å². The molecule has 0 atom stereocenters. The second-order valence-electron chi connectivity index (χ2n) is 6.08. The highest BCUT2D eigenvalue weighted by Crippen LogP contribution is 2.36. The van der Waals surface area contributed by atoms with Crippen LogP contribution in [0.5, 0.6) is 11.5 Å². The third-order valence-corrected chi connectivity index (χ3v) is 5.18.